The number of carbonyl (C=O) groups excluding carboxylic acids is 5. The van der Waals surface area contributed by atoms with E-state index in [2.05, 4.69) is 26.0 Å². The van der Waals surface area contributed by atoms with Gasteiger partial charge in [0, 0.05) is 36.1 Å². The second-order valence-electron chi connectivity index (χ2n) is 13.8. The summed E-state index contributed by atoms with van der Waals surface area (Å²) in [6.45, 7) is 7.45. The standard InChI is InChI=1S/C9H9F2NO2.3C9H9NO.C9H11NO.5CH4/c1-5-2-3-7(14-9(10)11)6(4-5)8(12)13;1-6-2-3-8-7(4-6)5-9(11)10-8;1-6-2-3-7-5-10-9(11)8(7)4-6;1-6-2-3-7-5-9(11)10-8(7)4-6;1-7-4-3-5-8(6-7)9(11)10-2;;;;;/h2-4,9H,1H3,(H2,12,13);3*2-4H,5H2,1H3,(H,10,11);3-6H,1-2H3,(H,10,11);5*1H4. The van der Waals surface area contributed by atoms with Gasteiger partial charge in [0.2, 0.25) is 11.8 Å². The van der Waals surface area contributed by atoms with Crippen LogP contribution in [0.25, 0.3) is 0 Å². The Morgan fingerprint density at radius 2 is 1.16 bits per heavy atom. The van der Waals surface area contributed by atoms with E-state index >= 15 is 0 Å². The number of primary amides is 1. The van der Waals surface area contributed by atoms with Crippen LogP contribution in [0.5, 0.6) is 5.75 Å². The molecule has 0 radical (unpaired) electrons. The molecule has 0 unspecified atom stereocenters. The molecule has 0 aromatic heterocycles. The van der Waals surface area contributed by atoms with Gasteiger partial charge in [-0.05, 0) is 99.3 Å². The second-order valence-corrected chi connectivity index (χ2v) is 13.8. The molecule has 13 heteroatoms. The fraction of sp³-hybridized carbons (Fsp3) is 0.300. The Labute approximate surface area is 373 Å². The molecule has 6 N–H and O–H groups in total. The monoisotopic (exact) mass is 872 g/mol. The molecule has 5 amide bonds. The molecular formula is C50H67F2N5O6. The molecule has 11 nitrogen and oxygen atoms in total. The summed E-state index contributed by atoms with van der Waals surface area (Å²) in [5, 5.41) is 10.9. The van der Waals surface area contributed by atoms with Crippen molar-refractivity contribution >= 4 is 40.9 Å². The first-order chi connectivity index (χ1) is 27.5. The minimum atomic E-state index is -2.96. The zero-order chi connectivity index (χ0) is 42.5. The third-order valence-corrected chi connectivity index (χ3v) is 8.85. The van der Waals surface area contributed by atoms with Gasteiger partial charge < -0.3 is 31.7 Å². The van der Waals surface area contributed by atoms with E-state index in [1.165, 1.54) is 23.3 Å². The minimum Gasteiger partial charge on any atom is -0.434 e. The van der Waals surface area contributed by atoms with Crippen LogP contribution < -0.4 is 31.7 Å². The molecule has 63 heavy (non-hydrogen) atoms. The van der Waals surface area contributed by atoms with Crippen LogP contribution >= 0.6 is 0 Å². The van der Waals surface area contributed by atoms with Gasteiger partial charge in [0.25, 0.3) is 17.7 Å². The first kappa shape index (κ1) is 58.2. The zero-order valence-electron chi connectivity index (χ0n) is 33.2. The summed E-state index contributed by atoms with van der Waals surface area (Å²) in [6.07, 6.45) is 1.08. The summed E-state index contributed by atoms with van der Waals surface area (Å²) >= 11 is 0. The molecule has 0 saturated heterocycles. The van der Waals surface area contributed by atoms with Gasteiger partial charge in [0.1, 0.15) is 5.75 Å². The Morgan fingerprint density at radius 3 is 1.76 bits per heavy atom. The van der Waals surface area contributed by atoms with E-state index in [9.17, 15) is 32.8 Å². The van der Waals surface area contributed by atoms with Gasteiger partial charge in [-0.25, -0.2) is 0 Å². The normalized spacial score (nSPS) is 11.5. The number of nitrogens with two attached hydrogens (primary N) is 1. The lowest BCUT2D eigenvalue weighted by Crippen LogP contribution is -2.17. The van der Waals surface area contributed by atoms with Crippen LogP contribution in [0.3, 0.4) is 0 Å². The number of nitrogens with one attached hydrogen (secondary N) is 4. The fourth-order valence-electron chi connectivity index (χ4n) is 5.98. The minimum absolute atomic E-state index is 0. The largest absolute Gasteiger partial charge is 0.434 e. The molecule has 0 atom stereocenters. The van der Waals surface area contributed by atoms with Crippen LogP contribution in [-0.2, 0) is 29.0 Å². The first-order valence-corrected chi connectivity index (χ1v) is 18.3. The second kappa shape index (κ2) is 27.1. The zero-order valence-corrected chi connectivity index (χ0v) is 33.2. The van der Waals surface area contributed by atoms with Gasteiger partial charge in [-0.3, -0.25) is 24.0 Å². The molecule has 0 bridgehead atoms. The van der Waals surface area contributed by atoms with Crippen molar-refractivity contribution in [2.24, 2.45) is 5.73 Å². The van der Waals surface area contributed by atoms with Crippen LogP contribution in [-0.4, -0.2) is 43.2 Å². The van der Waals surface area contributed by atoms with Crippen LogP contribution in [0.2, 0.25) is 0 Å². The van der Waals surface area contributed by atoms with Crippen molar-refractivity contribution in [1.29, 1.82) is 0 Å². The molecule has 3 aliphatic rings. The number of aryl methyl sites for hydroxylation is 5. The Kier molecular flexibility index (Phi) is 25.1. The summed E-state index contributed by atoms with van der Waals surface area (Å²) in [4.78, 5) is 54.8. The number of hydrogen-bond acceptors (Lipinski definition) is 6. The number of anilines is 2. The fourth-order valence-corrected chi connectivity index (χ4v) is 5.98. The average Bonchev–Trinajstić information content (AvgIpc) is 3.86. The highest BCUT2D eigenvalue weighted by Gasteiger charge is 2.19. The maximum absolute atomic E-state index is 11.9. The average molecular weight is 872 g/mol. The van der Waals surface area contributed by atoms with Crippen molar-refractivity contribution in [3.05, 3.63) is 158 Å². The van der Waals surface area contributed by atoms with Gasteiger partial charge in [-0.1, -0.05) is 114 Å². The van der Waals surface area contributed by atoms with E-state index in [1.54, 1.807) is 26.1 Å². The number of carbonyl (C=O) groups is 5. The molecule has 0 fully saturated rings. The number of alkyl halides is 2. The summed E-state index contributed by atoms with van der Waals surface area (Å²) < 4.78 is 27.9. The lowest BCUT2D eigenvalue weighted by molar-refractivity contribution is -0.115. The van der Waals surface area contributed by atoms with Crippen LogP contribution in [0, 0.1) is 34.6 Å². The van der Waals surface area contributed by atoms with Crippen LogP contribution in [0.4, 0.5) is 20.2 Å². The number of hydrogen-bond donors (Lipinski definition) is 5. The lowest BCUT2D eigenvalue weighted by atomic mass is 10.1. The number of amides is 5. The number of fused-ring (bicyclic) bond motifs is 3. The molecule has 5 aromatic carbocycles. The van der Waals surface area contributed by atoms with Crippen LogP contribution in [0.15, 0.2) is 97.1 Å². The first-order valence-electron chi connectivity index (χ1n) is 18.3. The number of benzene rings is 5. The van der Waals surface area contributed by atoms with E-state index in [0.29, 0.717) is 24.9 Å². The Bertz CT molecular complexity index is 2260. The molecule has 342 valence electrons. The van der Waals surface area contributed by atoms with Gasteiger partial charge in [-0.15, -0.1) is 0 Å². The topological polar surface area (TPSA) is 169 Å². The highest BCUT2D eigenvalue weighted by atomic mass is 19.3. The van der Waals surface area contributed by atoms with Crippen molar-refractivity contribution in [3.63, 3.8) is 0 Å². The highest BCUT2D eigenvalue weighted by Crippen LogP contribution is 2.25. The Balaban J connectivity index is 0. The molecule has 5 aromatic rings. The molecular weight excluding hydrogens is 805 g/mol. The van der Waals surface area contributed by atoms with Gasteiger partial charge in [0.05, 0.1) is 18.4 Å². The number of rotatable bonds is 4. The molecule has 0 saturated carbocycles. The lowest BCUT2D eigenvalue weighted by Gasteiger charge is -2.08. The Morgan fingerprint density at radius 1 is 0.635 bits per heavy atom. The third-order valence-electron chi connectivity index (χ3n) is 8.85. The van der Waals surface area contributed by atoms with Gasteiger partial charge in [-0.2, -0.15) is 8.78 Å². The van der Waals surface area contributed by atoms with Gasteiger partial charge >= 0.3 is 6.61 Å². The summed E-state index contributed by atoms with van der Waals surface area (Å²) in [6, 6.07) is 29.7. The van der Waals surface area contributed by atoms with E-state index in [-0.39, 0.29) is 72.1 Å². The summed E-state index contributed by atoms with van der Waals surface area (Å²) in [5.74, 6) is -0.754. The molecule has 0 aliphatic carbocycles. The molecule has 3 aliphatic heterocycles. The van der Waals surface area contributed by atoms with E-state index in [4.69, 9.17) is 5.73 Å². The molecule has 0 spiro atoms. The number of ether oxygens (including phenoxy) is 1. The van der Waals surface area contributed by atoms with E-state index in [1.807, 2.05) is 100 Å². The maximum Gasteiger partial charge on any atom is 0.387 e. The van der Waals surface area contributed by atoms with E-state index < -0.39 is 12.5 Å². The molecule has 8 rings (SSSR count). The van der Waals surface area contributed by atoms with Crippen molar-refractivity contribution in [2.75, 3.05) is 17.7 Å². The quantitative estimate of drug-likeness (QED) is 0.120. The van der Waals surface area contributed by atoms with E-state index in [0.717, 1.165) is 50.3 Å². The molecule has 3 heterocycles. The van der Waals surface area contributed by atoms with Crippen molar-refractivity contribution in [1.82, 2.24) is 10.6 Å². The van der Waals surface area contributed by atoms with Gasteiger partial charge in [0.15, 0.2) is 0 Å². The van der Waals surface area contributed by atoms with Crippen molar-refractivity contribution in [2.45, 2.75) is 97.7 Å². The third kappa shape index (κ3) is 17.6. The predicted molar refractivity (Wildman–Crippen MR) is 254 cm³/mol. The smallest absolute Gasteiger partial charge is 0.387 e. The highest BCUT2D eigenvalue weighted by molar-refractivity contribution is 6.00. The SMILES string of the molecule is C.C.C.C.C.CNC(=O)c1cccc(C)c1.Cc1ccc(OC(F)F)c(C(N)=O)c1.Cc1ccc2c(c1)C(=O)NC2.Cc1ccc2c(c1)CC(=O)N2.Cc1ccc2c(c1)NC(=O)C2. The maximum atomic E-state index is 11.9. The predicted octanol–water partition coefficient (Wildman–Crippen LogP) is 10.4. The summed E-state index contributed by atoms with van der Waals surface area (Å²) in [7, 11) is 1.63. The van der Waals surface area contributed by atoms with Crippen molar-refractivity contribution < 1.29 is 37.5 Å². The number of halogens is 2. The van der Waals surface area contributed by atoms with Crippen molar-refractivity contribution in [3.8, 4) is 5.75 Å². The summed E-state index contributed by atoms with van der Waals surface area (Å²) in [5.41, 5.74) is 17.2. The van der Waals surface area contributed by atoms with Crippen LogP contribution in [0.1, 0.15) is 113 Å². The Hall–Kier alpha value is -6.89.